The summed E-state index contributed by atoms with van der Waals surface area (Å²) in [6.07, 6.45) is 7.34. The number of nitrogens with one attached hydrogen (secondary N) is 1. The van der Waals surface area contributed by atoms with Gasteiger partial charge in [0.25, 0.3) is 5.56 Å². The van der Waals surface area contributed by atoms with Gasteiger partial charge >= 0.3 is 0 Å². The Morgan fingerprint density at radius 2 is 2.12 bits per heavy atom. The van der Waals surface area contributed by atoms with Gasteiger partial charge in [-0.15, -0.1) is 0 Å². The van der Waals surface area contributed by atoms with Crippen LogP contribution < -0.4 is 10.3 Å². The molecule has 4 nitrogen and oxygen atoms in total. The molecule has 0 saturated carbocycles. The molecule has 0 spiro atoms. The lowest BCUT2D eigenvalue weighted by atomic mass is 10.2. The fourth-order valence-corrected chi connectivity index (χ4v) is 1.79. The van der Waals surface area contributed by atoms with E-state index >= 15 is 0 Å². The van der Waals surface area contributed by atoms with Crippen molar-refractivity contribution in [1.82, 2.24) is 9.97 Å². The first-order valence-corrected chi connectivity index (χ1v) is 6.69. The molecular formula is C11H17IN2O2. The first kappa shape index (κ1) is 13.5. The Kier molecular flexibility index (Phi) is 6.44. The maximum Gasteiger partial charge on any atom is 0.268 e. The summed E-state index contributed by atoms with van der Waals surface area (Å²) >= 11 is 1.95. The molecule has 0 bridgehead atoms. The van der Waals surface area contributed by atoms with Crippen molar-refractivity contribution >= 4 is 22.6 Å². The van der Waals surface area contributed by atoms with Crippen molar-refractivity contribution in [1.29, 1.82) is 0 Å². The van der Waals surface area contributed by atoms with Gasteiger partial charge in [-0.2, -0.15) is 0 Å². The van der Waals surface area contributed by atoms with E-state index in [-0.39, 0.29) is 5.56 Å². The Labute approximate surface area is 109 Å². The highest BCUT2D eigenvalue weighted by atomic mass is 127. The van der Waals surface area contributed by atoms with Gasteiger partial charge in [-0.1, -0.05) is 32.6 Å². The predicted octanol–water partition coefficient (Wildman–Crippen LogP) is 2.72. The number of ether oxygens (including phenoxy) is 1. The van der Waals surface area contributed by atoms with E-state index in [4.69, 9.17) is 4.74 Å². The fourth-order valence-electron chi connectivity index (χ4n) is 1.34. The lowest BCUT2D eigenvalue weighted by Gasteiger charge is -2.05. The third kappa shape index (κ3) is 4.51. The Hall–Kier alpha value is -0.590. The third-order valence-corrected chi connectivity index (χ3v) is 3.20. The van der Waals surface area contributed by atoms with Crippen LogP contribution in [0.4, 0.5) is 0 Å². The molecule has 0 radical (unpaired) electrons. The Bertz CT molecular complexity index is 365. The number of hydrogen-bond acceptors (Lipinski definition) is 3. The second-order valence-electron chi connectivity index (χ2n) is 3.61. The zero-order valence-electron chi connectivity index (χ0n) is 9.46. The van der Waals surface area contributed by atoms with Gasteiger partial charge in [-0.25, -0.2) is 4.98 Å². The molecule has 5 heteroatoms. The second-order valence-corrected chi connectivity index (χ2v) is 4.69. The van der Waals surface area contributed by atoms with Crippen LogP contribution in [0.1, 0.15) is 39.0 Å². The van der Waals surface area contributed by atoms with E-state index in [1.165, 1.54) is 32.0 Å². The lowest BCUT2D eigenvalue weighted by molar-refractivity contribution is 0.290. The lowest BCUT2D eigenvalue weighted by Crippen LogP contribution is -2.13. The molecule has 0 aliphatic rings. The highest BCUT2D eigenvalue weighted by Gasteiger charge is 2.05. The van der Waals surface area contributed by atoms with E-state index in [0.29, 0.717) is 16.1 Å². The van der Waals surface area contributed by atoms with Crippen molar-refractivity contribution in [2.45, 2.75) is 39.0 Å². The SMILES string of the molecule is CCCCCCCOc1nc[nH]c(=O)c1I. The molecule has 0 aliphatic carbocycles. The van der Waals surface area contributed by atoms with Gasteiger partial charge in [0.15, 0.2) is 0 Å². The smallest absolute Gasteiger partial charge is 0.268 e. The number of nitrogens with zero attached hydrogens (tertiary/aromatic N) is 1. The molecule has 1 rings (SSSR count). The molecule has 90 valence electrons. The minimum absolute atomic E-state index is 0.142. The maximum absolute atomic E-state index is 11.2. The number of hydrogen-bond donors (Lipinski definition) is 1. The van der Waals surface area contributed by atoms with Gasteiger partial charge < -0.3 is 9.72 Å². The molecule has 1 aromatic heterocycles. The van der Waals surface area contributed by atoms with Gasteiger partial charge in [0.1, 0.15) is 3.57 Å². The minimum atomic E-state index is -0.142. The normalized spacial score (nSPS) is 10.4. The summed E-state index contributed by atoms with van der Waals surface area (Å²) in [6, 6.07) is 0. The molecule has 0 unspecified atom stereocenters. The van der Waals surface area contributed by atoms with Gasteiger partial charge in [-0.3, -0.25) is 4.79 Å². The number of halogens is 1. The van der Waals surface area contributed by atoms with Crippen LogP contribution in [0.2, 0.25) is 0 Å². The topological polar surface area (TPSA) is 55.0 Å². The quantitative estimate of drug-likeness (QED) is 0.615. The second kappa shape index (κ2) is 7.65. The largest absolute Gasteiger partial charge is 0.477 e. The molecule has 1 N–H and O–H groups in total. The summed E-state index contributed by atoms with van der Waals surface area (Å²) in [6.45, 7) is 2.83. The summed E-state index contributed by atoms with van der Waals surface area (Å²) in [5.74, 6) is 0.444. The van der Waals surface area contributed by atoms with Gasteiger partial charge in [0.2, 0.25) is 5.88 Å². The molecule has 1 heterocycles. The van der Waals surface area contributed by atoms with Crippen LogP contribution in [-0.4, -0.2) is 16.6 Å². The Morgan fingerprint density at radius 1 is 1.38 bits per heavy atom. The van der Waals surface area contributed by atoms with E-state index in [2.05, 4.69) is 16.9 Å². The van der Waals surface area contributed by atoms with E-state index < -0.39 is 0 Å². The first-order chi connectivity index (χ1) is 7.75. The van der Waals surface area contributed by atoms with E-state index in [1.807, 2.05) is 22.6 Å². The zero-order valence-corrected chi connectivity index (χ0v) is 11.6. The number of aromatic nitrogens is 2. The number of unbranched alkanes of at least 4 members (excludes halogenated alkanes) is 4. The Balaban J connectivity index is 2.27. The van der Waals surface area contributed by atoms with E-state index in [9.17, 15) is 4.79 Å². The van der Waals surface area contributed by atoms with Crippen LogP contribution in [0, 0.1) is 3.57 Å². The summed E-state index contributed by atoms with van der Waals surface area (Å²) in [5, 5.41) is 0. The maximum atomic E-state index is 11.2. The van der Waals surface area contributed by atoms with Crippen molar-refractivity contribution in [2.75, 3.05) is 6.61 Å². The van der Waals surface area contributed by atoms with Crippen LogP contribution in [0.25, 0.3) is 0 Å². The molecule has 16 heavy (non-hydrogen) atoms. The van der Waals surface area contributed by atoms with Crippen LogP contribution in [0.15, 0.2) is 11.1 Å². The van der Waals surface area contributed by atoms with E-state index in [1.54, 1.807) is 0 Å². The zero-order chi connectivity index (χ0) is 11.8. The van der Waals surface area contributed by atoms with E-state index in [0.717, 1.165) is 6.42 Å². The van der Waals surface area contributed by atoms with Crippen molar-refractivity contribution in [3.8, 4) is 5.88 Å². The van der Waals surface area contributed by atoms with Crippen LogP contribution in [0.3, 0.4) is 0 Å². The average Bonchev–Trinajstić information content (AvgIpc) is 2.29. The molecule has 1 aromatic rings. The number of rotatable bonds is 7. The predicted molar refractivity (Wildman–Crippen MR) is 71.8 cm³/mol. The standard InChI is InChI=1S/C11H17IN2O2/c1-2-3-4-5-6-7-16-11-9(12)10(15)13-8-14-11/h8H,2-7H2,1H3,(H,13,14,15). The monoisotopic (exact) mass is 336 g/mol. The molecule has 0 fully saturated rings. The van der Waals surface area contributed by atoms with Crippen LogP contribution in [-0.2, 0) is 0 Å². The molecule has 0 aliphatic heterocycles. The first-order valence-electron chi connectivity index (χ1n) is 5.61. The average molecular weight is 336 g/mol. The van der Waals surface area contributed by atoms with Crippen LogP contribution in [0.5, 0.6) is 5.88 Å². The summed E-state index contributed by atoms with van der Waals surface area (Å²) in [5.41, 5.74) is -0.142. The summed E-state index contributed by atoms with van der Waals surface area (Å²) in [7, 11) is 0. The highest BCUT2D eigenvalue weighted by molar-refractivity contribution is 14.1. The summed E-state index contributed by atoms with van der Waals surface area (Å²) < 4.78 is 5.98. The fraction of sp³-hybridized carbons (Fsp3) is 0.636. The van der Waals surface area contributed by atoms with Gasteiger partial charge in [0, 0.05) is 0 Å². The molecule has 0 atom stereocenters. The highest BCUT2D eigenvalue weighted by Crippen LogP contribution is 2.12. The van der Waals surface area contributed by atoms with Crippen molar-refractivity contribution in [3.05, 3.63) is 20.3 Å². The molecule has 0 amide bonds. The number of aromatic amines is 1. The summed E-state index contributed by atoms with van der Waals surface area (Å²) in [4.78, 5) is 17.7. The minimum Gasteiger partial charge on any atom is -0.477 e. The third-order valence-electron chi connectivity index (χ3n) is 2.25. The molecular weight excluding hydrogens is 319 g/mol. The van der Waals surface area contributed by atoms with Crippen molar-refractivity contribution in [2.24, 2.45) is 0 Å². The van der Waals surface area contributed by atoms with Gasteiger partial charge in [0.05, 0.1) is 12.9 Å². The van der Waals surface area contributed by atoms with Crippen molar-refractivity contribution in [3.63, 3.8) is 0 Å². The molecule has 0 aromatic carbocycles. The van der Waals surface area contributed by atoms with Crippen LogP contribution >= 0.6 is 22.6 Å². The molecule has 0 saturated heterocycles. The van der Waals surface area contributed by atoms with Crippen molar-refractivity contribution < 1.29 is 4.74 Å². The number of H-pyrrole nitrogens is 1. The van der Waals surface area contributed by atoms with Gasteiger partial charge in [-0.05, 0) is 29.0 Å². The Morgan fingerprint density at radius 3 is 2.88 bits per heavy atom.